The highest BCUT2D eigenvalue weighted by atomic mass is 15.1. The third kappa shape index (κ3) is 3.83. The van der Waals surface area contributed by atoms with E-state index in [4.69, 9.17) is 0 Å². The first kappa shape index (κ1) is 12.6. The van der Waals surface area contributed by atoms with Crippen LogP contribution in [-0.2, 0) is 0 Å². The van der Waals surface area contributed by atoms with Gasteiger partial charge in [-0.2, -0.15) is 0 Å². The highest BCUT2D eigenvalue weighted by Gasteiger charge is 2.16. The first-order valence-electron chi connectivity index (χ1n) is 6.91. The molecule has 94 valence electrons. The Kier molecular flexibility index (Phi) is 5.02. The summed E-state index contributed by atoms with van der Waals surface area (Å²) in [5, 5.41) is 3.60. The van der Waals surface area contributed by atoms with Crippen LogP contribution in [0.3, 0.4) is 0 Å². The molecule has 1 atom stereocenters. The van der Waals surface area contributed by atoms with E-state index < -0.39 is 0 Å². The van der Waals surface area contributed by atoms with E-state index in [1.54, 1.807) is 0 Å². The van der Waals surface area contributed by atoms with E-state index in [-0.39, 0.29) is 0 Å². The number of nitrogens with zero attached hydrogens (tertiary/aromatic N) is 1. The van der Waals surface area contributed by atoms with Gasteiger partial charge in [0.15, 0.2) is 0 Å². The molecule has 0 aromatic heterocycles. The van der Waals surface area contributed by atoms with E-state index in [2.05, 4.69) is 47.5 Å². The Bertz CT molecular complexity index is 304. The van der Waals surface area contributed by atoms with Gasteiger partial charge in [-0.3, -0.25) is 0 Å². The van der Waals surface area contributed by atoms with Crippen LogP contribution < -0.4 is 5.32 Å². The van der Waals surface area contributed by atoms with Crippen LogP contribution in [0.15, 0.2) is 30.3 Å². The maximum atomic E-state index is 3.60. The average Bonchev–Trinajstić information content (AvgIpc) is 2.40. The minimum Gasteiger partial charge on any atom is -0.309 e. The molecule has 0 bridgehead atoms. The van der Waals surface area contributed by atoms with Crippen molar-refractivity contribution in [3.05, 3.63) is 35.9 Å². The summed E-state index contributed by atoms with van der Waals surface area (Å²) in [6.07, 6.45) is 4.15. The van der Waals surface area contributed by atoms with Gasteiger partial charge in [-0.05, 0) is 38.0 Å². The standard InChI is InChI=1S/C15H24N2/c1-2-16-15(14-9-5-3-6-10-14)13-17-11-7-4-8-12-17/h3,5-6,9-10,15-16H,2,4,7-8,11-13H2,1H3. The number of hydrogen-bond acceptors (Lipinski definition) is 2. The topological polar surface area (TPSA) is 15.3 Å². The lowest BCUT2D eigenvalue weighted by molar-refractivity contribution is 0.206. The third-order valence-electron chi connectivity index (χ3n) is 3.54. The summed E-state index contributed by atoms with van der Waals surface area (Å²) < 4.78 is 0. The van der Waals surface area contributed by atoms with Gasteiger partial charge in [-0.15, -0.1) is 0 Å². The molecule has 1 N–H and O–H groups in total. The molecule has 0 spiro atoms. The van der Waals surface area contributed by atoms with Gasteiger partial charge in [0.05, 0.1) is 0 Å². The fourth-order valence-electron chi connectivity index (χ4n) is 2.62. The van der Waals surface area contributed by atoms with Gasteiger partial charge in [-0.1, -0.05) is 43.7 Å². The van der Waals surface area contributed by atoms with Crippen LogP contribution >= 0.6 is 0 Å². The Labute approximate surface area is 105 Å². The fraction of sp³-hybridized carbons (Fsp3) is 0.600. The zero-order valence-electron chi connectivity index (χ0n) is 10.9. The number of likely N-dealkylation sites (N-methyl/N-ethyl adjacent to an activating group) is 1. The second-order valence-corrected chi connectivity index (χ2v) is 4.88. The number of likely N-dealkylation sites (tertiary alicyclic amines) is 1. The first-order valence-corrected chi connectivity index (χ1v) is 6.91. The fourth-order valence-corrected chi connectivity index (χ4v) is 2.62. The predicted molar refractivity (Wildman–Crippen MR) is 73.2 cm³/mol. The van der Waals surface area contributed by atoms with Crippen molar-refractivity contribution >= 4 is 0 Å². The van der Waals surface area contributed by atoms with Crippen molar-refractivity contribution in [3.63, 3.8) is 0 Å². The van der Waals surface area contributed by atoms with Crippen LogP contribution in [-0.4, -0.2) is 31.1 Å². The van der Waals surface area contributed by atoms with Crippen molar-refractivity contribution in [2.45, 2.75) is 32.2 Å². The SMILES string of the molecule is CCNC(CN1CCCCC1)c1ccccc1. The van der Waals surface area contributed by atoms with E-state index in [9.17, 15) is 0 Å². The third-order valence-corrected chi connectivity index (χ3v) is 3.54. The molecule has 1 heterocycles. The van der Waals surface area contributed by atoms with E-state index in [1.807, 2.05) is 0 Å². The number of benzene rings is 1. The molecular formula is C15H24N2. The molecule has 1 fully saturated rings. The number of rotatable bonds is 5. The average molecular weight is 232 g/mol. The van der Waals surface area contributed by atoms with Crippen molar-refractivity contribution in [2.24, 2.45) is 0 Å². The molecule has 1 aromatic carbocycles. The lowest BCUT2D eigenvalue weighted by Gasteiger charge is -2.31. The summed E-state index contributed by atoms with van der Waals surface area (Å²) in [5.74, 6) is 0. The molecule has 0 aliphatic carbocycles. The van der Waals surface area contributed by atoms with E-state index in [0.29, 0.717) is 6.04 Å². The van der Waals surface area contributed by atoms with Crippen molar-refractivity contribution in [2.75, 3.05) is 26.2 Å². The van der Waals surface area contributed by atoms with E-state index in [0.717, 1.165) is 13.1 Å². The summed E-state index contributed by atoms with van der Waals surface area (Å²) in [7, 11) is 0. The molecule has 2 nitrogen and oxygen atoms in total. The molecule has 1 aromatic rings. The van der Waals surface area contributed by atoms with Crippen LogP contribution in [0.1, 0.15) is 37.8 Å². The number of hydrogen-bond donors (Lipinski definition) is 1. The van der Waals surface area contributed by atoms with Gasteiger partial charge in [0.2, 0.25) is 0 Å². The number of piperidine rings is 1. The molecule has 0 amide bonds. The minimum absolute atomic E-state index is 0.485. The molecule has 2 rings (SSSR count). The minimum atomic E-state index is 0.485. The Hall–Kier alpha value is -0.860. The Morgan fingerprint density at radius 1 is 1.12 bits per heavy atom. The lowest BCUT2D eigenvalue weighted by Crippen LogP contribution is -2.38. The number of nitrogens with one attached hydrogen (secondary N) is 1. The maximum Gasteiger partial charge on any atom is 0.0449 e. The molecule has 1 aliphatic rings. The second-order valence-electron chi connectivity index (χ2n) is 4.88. The summed E-state index contributed by atoms with van der Waals surface area (Å²) in [6, 6.07) is 11.3. The largest absolute Gasteiger partial charge is 0.309 e. The Morgan fingerprint density at radius 3 is 2.47 bits per heavy atom. The lowest BCUT2D eigenvalue weighted by atomic mass is 10.0. The molecule has 0 radical (unpaired) electrons. The highest BCUT2D eigenvalue weighted by molar-refractivity contribution is 5.19. The van der Waals surface area contributed by atoms with Gasteiger partial charge in [0.25, 0.3) is 0 Å². The van der Waals surface area contributed by atoms with Gasteiger partial charge < -0.3 is 10.2 Å². The van der Waals surface area contributed by atoms with Crippen molar-refractivity contribution in [1.82, 2.24) is 10.2 Å². The van der Waals surface area contributed by atoms with Crippen molar-refractivity contribution < 1.29 is 0 Å². The normalized spacial score (nSPS) is 19.1. The Balaban J connectivity index is 1.96. The molecule has 1 unspecified atom stereocenters. The van der Waals surface area contributed by atoms with Crippen molar-refractivity contribution in [1.29, 1.82) is 0 Å². The Morgan fingerprint density at radius 2 is 1.82 bits per heavy atom. The van der Waals surface area contributed by atoms with Crippen LogP contribution in [0.25, 0.3) is 0 Å². The van der Waals surface area contributed by atoms with Crippen LogP contribution in [0.2, 0.25) is 0 Å². The molecule has 1 saturated heterocycles. The predicted octanol–water partition coefficient (Wildman–Crippen LogP) is 2.82. The zero-order valence-corrected chi connectivity index (χ0v) is 10.9. The van der Waals surface area contributed by atoms with Gasteiger partial charge in [0.1, 0.15) is 0 Å². The summed E-state index contributed by atoms with van der Waals surface area (Å²) in [4.78, 5) is 2.60. The molecule has 17 heavy (non-hydrogen) atoms. The molecule has 2 heteroatoms. The van der Waals surface area contributed by atoms with Gasteiger partial charge >= 0.3 is 0 Å². The van der Waals surface area contributed by atoms with Crippen LogP contribution in [0.5, 0.6) is 0 Å². The van der Waals surface area contributed by atoms with Crippen LogP contribution in [0.4, 0.5) is 0 Å². The second kappa shape index (κ2) is 6.77. The highest BCUT2D eigenvalue weighted by Crippen LogP contribution is 2.17. The van der Waals surface area contributed by atoms with Gasteiger partial charge in [0, 0.05) is 12.6 Å². The molecular weight excluding hydrogens is 208 g/mol. The molecule has 0 saturated carbocycles. The van der Waals surface area contributed by atoms with E-state index in [1.165, 1.54) is 37.9 Å². The van der Waals surface area contributed by atoms with E-state index >= 15 is 0 Å². The molecule has 1 aliphatic heterocycles. The summed E-state index contributed by atoms with van der Waals surface area (Å²) in [6.45, 7) is 6.92. The quantitative estimate of drug-likeness (QED) is 0.840. The van der Waals surface area contributed by atoms with Crippen LogP contribution in [0, 0.1) is 0 Å². The maximum absolute atomic E-state index is 3.60. The smallest absolute Gasteiger partial charge is 0.0449 e. The monoisotopic (exact) mass is 232 g/mol. The first-order chi connectivity index (χ1) is 8.40. The summed E-state index contributed by atoms with van der Waals surface area (Å²) in [5.41, 5.74) is 1.42. The van der Waals surface area contributed by atoms with Crippen molar-refractivity contribution in [3.8, 4) is 0 Å². The summed E-state index contributed by atoms with van der Waals surface area (Å²) >= 11 is 0. The zero-order chi connectivity index (χ0) is 11.9. The van der Waals surface area contributed by atoms with Gasteiger partial charge in [-0.25, -0.2) is 0 Å².